The zero-order chi connectivity index (χ0) is 12.5. The molecule has 88 valence electrons. The van der Waals surface area contributed by atoms with E-state index in [4.69, 9.17) is 14.7 Å². The van der Waals surface area contributed by atoms with E-state index in [1.165, 1.54) is 0 Å². The topological polar surface area (TPSA) is 62.5 Å². The molecule has 0 radical (unpaired) electrons. The summed E-state index contributed by atoms with van der Waals surface area (Å²) in [6, 6.07) is 12.4. The Balaban J connectivity index is 2.05. The van der Waals surface area contributed by atoms with E-state index < -0.39 is 0 Å². The summed E-state index contributed by atoms with van der Waals surface area (Å²) in [6.07, 6.45) is 0. The lowest BCUT2D eigenvalue weighted by Gasteiger charge is -2.04. The van der Waals surface area contributed by atoms with Crippen LogP contribution in [-0.2, 0) is 0 Å². The molecule has 1 aliphatic heterocycles. The molecule has 0 bridgehead atoms. The van der Waals surface area contributed by atoms with Gasteiger partial charge in [-0.1, -0.05) is 12.1 Å². The largest absolute Gasteiger partial charge is 0.507 e. The number of fused-ring (bicyclic) bond motifs is 1. The number of phenols is 1. The van der Waals surface area contributed by atoms with Crippen LogP contribution in [-0.4, -0.2) is 11.9 Å². The minimum atomic E-state index is -0.0207. The molecule has 3 rings (SSSR count). The zero-order valence-corrected chi connectivity index (χ0v) is 9.38. The molecule has 0 atom stereocenters. The minimum Gasteiger partial charge on any atom is -0.507 e. The Morgan fingerprint density at radius 2 is 1.72 bits per heavy atom. The number of benzene rings is 2. The average Bonchev–Trinajstić information content (AvgIpc) is 2.85. The van der Waals surface area contributed by atoms with Crippen LogP contribution in [0.3, 0.4) is 0 Å². The van der Waals surface area contributed by atoms with Gasteiger partial charge in [-0.3, -0.25) is 0 Å². The van der Waals surface area contributed by atoms with Gasteiger partial charge in [0.15, 0.2) is 11.5 Å². The van der Waals surface area contributed by atoms with Crippen molar-refractivity contribution in [3.63, 3.8) is 0 Å². The van der Waals surface area contributed by atoms with Gasteiger partial charge in [-0.15, -0.1) is 0 Å². The highest BCUT2D eigenvalue weighted by Crippen LogP contribution is 2.36. The van der Waals surface area contributed by atoms with Crippen molar-refractivity contribution >= 4 is 0 Å². The van der Waals surface area contributed by atoms with Gasteiger partial charge in [0.1, 0.15) is 11.8 Å². The molecule has 0 aromatic heterocycles. The molecule has 0 unspecified atom stereocenters. The molecule has 4 heteroatoms. The molecule has 4 nitrogen and oxygen atoms in total. The first-order valence-corrected chi connectivity index (χ1v) is 5.41. The van der Waals surface area contributed by atoms with Crippen LogP contribution < -0.4 is 9.47 Å². The Bertz CT molecular complexity index is 650. The van der Waals surface area contributed by atoms with Gasteiger partial charge in [-0.2, -0.15) is 5.26 Å². The van der Waals surface area contributed by atoms with E-state index in [1.54, 1.807) is 18.2 Å². The summed E-state index contributed by atoms with van der Waals surface area (Å²) >= 11 is 0. The van der Waals surface area contributed by atoms with Crippen molar-refractivity contribution in [1.29, 1.82) is 5.26 Å². The van der Waals surface area contributed by atoms with E-state index in [2.05, 4.69) is 0 Å². The highest BCUT2D eigenvalue weighted by molar-refractivity contribution is 5.70. The molecule has 2 aromatic carbocycles. The number of aromatic hydroxyl groups is 1. The first-order chi connectivity index (χ1) is 8.78. The molecular weight excluding hydrogens is 230 g/mol. The Kier molecular flexibility index (Phi) is 2.31. The Hall–Kier alpha value is -2.67. The Labute approximate surface area is 104 Å². The first kappa shape index (κ1) is 10.5. The van der Waals surface area contributed by atoms with Gasteiger partial charge in [-0.25, -0.2) is 0 Å². The number of phenolic OH excluding ortho intramolecular Hbond substituents is 1. The zero-order valence-electron chi connectivity index (χ0n) is 9.38. The van der Waals surface area contributed by atoms with Crippen LogP contribution in [0.25, 0.3) is 11.1 Å². The summed E-state index contributed by atoms with van der Waals surface area (Å²) in [4.78, 5) is 0. The fourth-order valence-corrected chi connectivity index (χ4v) is 1.88. The van der Waals surface area contributed by atoms with E-state index in [9.17, 15) is 5.11 Å². The second-order valence-electron chi connectivity index (χ2n) is 3.91. The van der Waals surface area contributed by atoms with E-state index in [-0.39, 0.29) is 18.1 Å². The standard InChI is InChI=1S/C14H9NO3/c15-7-11-2-1-9(5-12(11)16)10-3-4-13-14(6-10)18-8-17-13/h1-6,16H,8H2. The second kappa shape index (κ2) is 3.97. The first-order valence-electron chi connectivity index (χ1n) is 5.41. The molecular formula is C14H9NO3. The lowest BCUT2D eigenvalue weighted by Crippen LogP contribution is -1.92. The lowest BCUT2D eigenvalue weighted by atomic mass is 10.0. The van der Waals surface area contributed by atoms with Gasteiger partial charge in [0, 0.05) is 0 Å². The SMILES string of the molecule is N#Cc1ccc(-c2ccc3c(c2)OCO3)cc1O. The Morgan fingerprint density at radius 1 is 1.00 bits per heavy atom. The van der Waals surface area contributed by atoms with Crippen molar-refractivity contribution in [2.75, 3.05) is 6.79 Å². The predicted octanol–water partition coefficient (Wildman–Crippen LogP) is 2.66. The predicted molar refractivity (Wildman–Crippen MR) is 64.4 cm³/mol. The van der Waals surface area contributed by atoms with Crippen molar-refractivity contribution < 1.29 is 14.6 Å². The van der Waals surface area contributed by atoms with E-state index in [1.807, 2.05) is 24.3 Å². The van der Waals surface area contributed by atoms with Crippen LogP contribution in [0.1, 0.15) is 5.56 Å². The summed E-state index contributed by atoms with van der Waals surface area (Å²) in [5.74, 6) is 1.39. The summed E-state index contributed by atoms with van der Waals surface area (Å²) in [6.45, 7) is 0.234. The number of nitriles is 1. The maximum atomic E-state index is 9.67. The van der Waals surface area contributed by atoms with Crippen LogP contribution in [0.15, 0.2) is 36.4 Å². The third kappa shape index (κ3) is 1.62. The fraction of sp³-hybridized carbons (Fsp3) is 0.0714. The maximum absolute atomic E-state index is 9.67. The van der Waals surface area contributed by atoms with Crippen molar-refractivity contribution in [2.24, 2.45) is 0 Å². The summed E-state index contributed by atoms with van der Waals surface area (Å²) in [5.41, 5.74) is 1.99. The maximum Gasteiger partial charge on any atom is 0.231 e. The van der Waals surface area contributed by atoms with Crippen LogP contribution in [0.2, 0.25) is 0 Å². The molecule has 0 saturated carbocycles. The highest BCUT2D eigenvalue weighted by atomic mass is 16.7. The van der Waals surface area contributed by atoms with Gasteiger partial charge in [0.25, 0.3) is 0 Å². The Morgan fingerprint density at radius 3 is 2.50 bits per heavy atom. The molecule has 1 aliphatic rings. The fourth-order valence-electron chi connectivity index (χ4n) is 1.88. The van der Waals surface area contributed by atoms with Gasteiger partial charge < -0.3 is 14.6 Å². The van der Waals surface area contributed by atoms with Gasteiger partial charge in [-0.05, 0) is 35.4 Å². The number of rotatable bonds is 1. The van der Waals surface area contributed by atoms with Gasteiger partial charge in [0.05, 0.1) is 5.56 Å². The smallest absolute Gasteiger partial charge is 0.231 e. The monoisotopic (exact) mass is 239 g/mol. The lowest BCUT2D eigenvalue weighted by molar-refractivity contribution is 0.174. The average molecular weight is 239 g/mol. The van der Waals surface area contributed by atoms with Crippen LogP contribution >= 0.6 is 0 Å². The van der Waals surface area contributed by atoms with Crippen LogP contribution in [0.5, 0.6) is 17.2 Å². The van der Waals surface area contributed by atoms with Crippen LogP contribution in [0, 0.1) is 11.3 Å². The minimum absolute atomic E-state index is 0.0207. The molecule has 0 aliphatic carbocycles. The number of ether oxygens (including phenoxy) is 2. The molecule has 0 spiro atoms. The molecule has 1 heterocycles. The molecule has 18 heavy (non-hydrogen) atoms. The van der Waals surface area contributed by atoms with E-state index in [0.29, 0.717) is 5.75 Å². The van der Waals surface area contributed by atoms with Gasteiger partial charge >= 0.3 is 0 Å². The molecule has 1 N–H and O–H groups in total. The summed E-state index contributed by atoms with van der Waals surface area (Å²) in [7, 11) is 0. The van der Waals surface area contributed by atoms with E-state index >= 15 is 0 Å². The number of hydrogen-bond acceptors (Lipinski definition) is 4. The highest BCUT2D eigenvalue weighted by Gasteiger charge is 2.14. The van der Waals surface area contributed by atoms with Crippen molar-refractivity contribution in [2.45, 2.75) is 0 Å². The van der Waals surface area contributed by atoms with E-state index in [0.717, 1.165) is 16.9 Å². The molecule has 0 saturated heterocycles. The second-order valence-corrected chi connectivity index (χ2v) is 3.91. The third-order valence-electron chi connectivity index (χ3n) is 2.82. The van der Waals surface area contributed by atoms with Gasteiger partial charge in [0.2, 0.25) is 6.79 Å². The normalized spacial score (nSPS) is 12.2. The van der Waals surface area contributed by atoms with Crippen molar-refractivity contribution in [1.82, 2.24) is 0 Å². The molecule has 0 amide bonds. The van der Waals surface area contributed by atoms with Crippen molar-refractivity contribution in [3.05, 3.63) is 42.0 Å². The van der Waals surface area contributed by atoms with Crippen LogP contribution in [0.4, 0.5) is 0 Å². The van der Waals surface area contributed by atoms with Crippen molar-refractivity contribution in [3.8, 4) is 34.4 Å². The quantitative estimate of drug-likeness (QED) is 0.831. The number of nitrogens with zero attached hydrogens (tertiary/aromatic N) is 1. The molecule has 2 aromatic rings. The molecule has 0 fully saturated rings. The third-order valence-corrected chi connectivity index (χ3v) is 2.82. The summed E-state index contributed by atoms with van der Waals surface area (Å²) < 4.78 is 10.5. The summed E-state index contributed by atoms with van der Waals surface area (Å²) in [5, 5.41) is 18.4. The number of hydrogen-bond donors (Lipinski definition) is 1.